The van der Waals surface area contributed by atoms with Gasteiger partial charge in [0.25, 0.3) is 0 Å². The number of benzene rings is 1. The van der Waals surface area contributed by atoms with Crippen LogP contribution < -0.4 is 0 Å². The normalized spacial score (nSPS) is 17.9. The zero-order valence-electron chi connectivity index (χ0n) is 11.2. The first-order valence-electron chi connectivity index (χ1n) is 6.40. The number of Topliss-reactive ketones (excluding diaryl/α,β-unsaturated/α-hetero) is 1. The molecule has 1 fully saturated rings. The topological polar surface area (TPSA) is 20.3 Å². The van der Waals surface area contributed by atoms with Gasteiger partial charge in [-0.1, -0.05) is 24.8 Å². The molecule has 0 saturated heterocycles. The standard InChI is InChI=1S/C16H18FNO/c1-12-7-8-15(19)9-14(12)11-18(2)10-13-5-3-4-6-16(13)17/h3-6,11H,1,7-10H2,2H3/b14-11-. The van der Waals surface area contributed by atoms with Crippen molar-refractivity contribution in [2.24, 2.45) is 0 Å². The number of carbonyl (C=O) groups excluding carboxylic acids is 1. The molecule has 1 saturated carbocycles. The van der Waals surface area contributed by atoms with Crippen LogP contribution in [-0.4, -0.2) is 17.7 Å². The predicted molar refractivity (Wildman–Crippen MR) is 73.9 cm³/mol. The smallest absolute Gasteiger partial charge is 0.137 e. The SMILES string of the molecule is C=C1CCC(=O)C/C1=C/N(C)Cc1ccccc1F. The molecule has 1 aromatic carbocycles. The van der Waals surface area contributed by atoms with Crippen LogP contribution in [0.1, 0.15) is 24.8 Å². The van der Waals surface area contributed by atoms with Crippen LogP contribution in [0.2, 0.25) is 0 Å². The van der Waals surface area contributed by atoms with Crippen molar-refractivity contribution in [1.82, 2.24) is 4.90 Å². The summed E-state index contributed by atoms with van der Waals surface area (Å²) in [5.74, 6) is 0.0456. The zero-order valence-corrected chi connectivity index (χ0v) is 11.2. The first-order chi connectivity index (χ1) is 9.06. The van der Waals surface area contributed by atoms with Crippen molar-refractivity contribution in [2.75, 3.05) is 7.05 Å². The number of carbonyl (C=O) groups is 1. The molecule has 0 spiro atoms. The predicted octanol–water partition coefficient (Wildman–Crippen LogP) is 3.45. The minimum absolute atomic E-state index is 0.203. The molecule has 3 heteroatoms. The number of hydrogen-bond donors (Lipinski definition) is 0. The van der Waals surface area contributed by atoms with Gasteiger partial charge in [0.15, 0.2) is 0 Å². The van der Waals surface area contributed by atoms with Crippen molar-refractivity contribution >= 4 is 5.78 Å². The number of nitrogens with zero attached hydrogens (tertiary/aromatic N) is 1. The van der Waals surface area contributed by atoms with Crippen molar-refractivity contribution in [3.05, 3.63) is 59.6 Å². The summed E-state index contributed by atoms with van der Waals surface area (Å²) >= 11 is 0. The van der Waals surface area contributed by atoms with E-state index in [4.69, 9.17) is 0 Å². The number of ketones is 1. The second-order valence-electron chi connectivity index (χ2n) is 4.98. The second kappa shape index (κ2) is 5.83. The van der Waals surface area contributed by atoms with E-state index in [0.29, 0.717) is 24.9 Å². The van der Waals surface area contributed by atoms with Crippen LogP contribution >= 0.6 is 0 Å². The molecule has 1 aliphatic carbocycles. The highest BCUT2D eigenvalue weighted by molar-refractivity contribution is 5.84. The second-order valence-corrected chi connectivity index (χ2v) is 4.98. The minimum atomic E-state index is -0.203. The van der Waals surface area contributed by atoms with Gasteiger partial charge in [-0.15, -0.1) is 0 Å². The summed E-state index contributed by atoms with van der Waals surface area (Å²) < 4.78 is 13.5. The summed E-state index contributed by atoms with van der Waals surface area (Å²) in [5, 5.41) is 0. The van der Waals surface area contributed by atoms with Gasteiger partial charge >= 0.3 is 0 Å². The molecule has 0 radical (unpaired) electrons. The van der Waals surface area contributed by atoms with Gasteiger partial charge in [0.2, 0.25) is 0 Å². The minimum Gasteiger partial charge on any atom is -0.376 e. The van der Waals surface area contributed by atoms with E-state index in [1.807, 2.05) is 24.2 Å². The van der Waals surface area contributed by atoms with Crippen molar-refractivity contribution in [2.45, 2.75) is 25.8 Å². The average molecular weight is 259 g/mol. The third-order valence-corrected chi connectivity index (χ3v) is 3.30. The molecule has 2 nitrogen and oxygen atoms in total. The molecule has 0 heterocycles. The summed E-state index contributed by atoms with van der Waals surface area (Å²) in [6.07, 6.45) is 3.68. The number of allylic oxidation sites excluding steroid dienone is 2. The van der Waals surface area contributed by atoms with Gasteiger partial charge in [0.05, 0.1) is 0 Å². The fourth-order valence-electron chi connectivity index (χ4n) is 2.22. The molecule has 0 aromatic heterocycles. The number of hydrogen-bond acceptors (Lipinski definition) is 2. The van der Waals surface area contributed by atoms with E-state index in [0.717, 1.165) is 17.6 Å². The van der Waals surface area contributed by atoms with Crippen LogP contribution in [0, 0.1) is 5.82 Å². The lowest BCUT2D eigenvalue weighted by atomic mass is 9.90. The molecule has 0 bridgehead atoms. The van der Waals surface area contributed by atoms with E-state index in [9.17, 15) is 9.18 Å². The molecule has 0 atom stereocenters. The Bertz CT molecular complexity index is 533. The van der Waals surface area contributed by atoms with Crippen LogP contribution in [0.4, 0.5) is 4.39 Å². The molecule has 0 amide bonds. The molecule has 19 heavy (non-hydrogen) atoms. The van der Waals surface area contributed by atoms with E-state index < -0.39 is 0 Å². The Balaban J connectivity index is 2.08. The maximum absolute atomic E-state index is 13.5. The summed E-state index contributed by atoms with van der Waals surface area (Å²) in [5.41, 5.74) is 2.63. The largest absolute Gasteiger partial charge is 0.376 e. The fraction of sp³-hybridized carbons (Fsp3) is 0.312. The Kier molecular flexibility index (Phi) is 4.15. The molecule has 0 N–H and O–H groups in total. The van der Waals surface area contributed by atoms with Crippen molar-refractivity contribution in [1.29, 1.82) is 0 Å². The quantitative estimate of drug-likeness (QED) is 0.828. The van der Waals surface area contributed by atoms with Gasteiger partial charge in [-0.05, 0) is 23.6 Å². The Morgan fingerprint density at radius 3 is 2.84 bits per heavy atom. The molecule has 1 aliphatic rings. The lowest BCUT2D eigenvalue weighted by Gasteiger charge is -2.21. The van der Waals surface area contributed by atoms with E-state index >= 15 is 0 Å². The van der Waals surface area contributed by atoms with Crippen LogP contribution in [0.3, 0.4) is 0 Å². The van der Waals surface area contributed by atoms with E-state index in [-0.39, 0.29) is 11.6 Å². The van der Waals surface area contributed by atoms with Crippen LogP contribution in [0.5, 0.6) is 0 Å². The first kappa shape index (κ1) is 13.5. The molecular formula is C16H18FNO. The molecule has 0 aliphatic heterocycles. The van der Waals surface area contributed by atoms with E-state index in [1.54, 1.807) is 12.1 Å². The highest BCUT2D eigenvalue weighted by Gasteiger charge is 2.17. The molecule has 100 valence electrons. The highest BCUT2D eigenvalue weighted by atomic mass is 19.1. The Hall–Kier alpha value is -1.90. The average Bonchev–Trinajstić information content (AvgIpc) is 2.37. The van der Waals surface area contributed by atoms with Crippen LogP contribution in [0.25, 0.3) is 0 Å². The monoisotopic (exact) mass is 259 g/mol. The van der Waals surface area contributed by atoms with E-state index in [1.165, 1.54) is 6.07 Å². The van der Waals surface area contributed by atoms with E-state index in [2.05, 4.69) is 6.58 Å². The van der Waals surface area contributed by atoms with Crippen molar-refractivity contribution in [3.63, 3.8) is 0 Å². The number of halogens is 1. The third kappa shape index (κ3) is 3.53. The number of rotatable bonds is 3. The van der Waals surface area contributed by atoms with Crippen molar-refractivity contribution < 1.29 is 9.18 Å². The van der Waals surface area contributed by atoms with Gasteiger partial charge in [-0.25, -0.2) is 4.39 Å². The lowest BCUT2D eigenvalue weighted by molar-refractivity contribution is -0.118. The van der Waals surface area contributed by atoms with Gasteiger partial charge in [0.1, 0.15) is 11.6 Å². The first-order valence-corrected chi connectivity index (χ1v) is 6.40. The van der Waals surface area contributed by atoms with Gasteiger partial charge < -0.3 is 4.90 Å². The summed E-state index contributed by atoms with van der Waals surface area (Å²) in [4.78, 5) is 13.4. The Labute approximate surface area is 113 Å². The Morgan fingerprint density at radius 1 is 1.37 bits per heavy atom. The maximum Gasteiger partial charge on any atom is 0.137 e. The van der Waals surface area contributed by atoms with Crippen LogP contribution in [-0.2, 0) is 11.3 Å². The molecule has 2 rings (SSSR count). The lowest BCUT2D eigenvalue weighted by Crippen LogP contribution is -2.16. The van der Waals surface area contributed by atoms with Crippen molar-refractivity contribution in [3.8, 4) is 0 Å². The molecular weight excluding hydrogens is 241 g/mol. The molecule has 1 aromatic rings. The fourth-order valence-corrected chi connectivity index (χ4v) is 2.22. The van der Waals surface area contributed by atoms with Gasteiger partial charge in [-0.2, -0.15) is 0 Å². The van der Waals surface area contributed by atoms with Gasteiger partial charge in [-0.3, -0.25) is 4.79 Å². The molecule has 0 unspecified atom stereocenters. The highest BCUT2D eigenvalue weighted by Crippen LogP contribution is 2.25. The summed E-state index contributed by atoms with van der Waals surface area (Å²) in [6, 6.07) is 6.73. The Morgan fingerprint density at radius 2 is 2.11 bits per heavy atom. The zero-order chi connectivity index (χ0) is 13.8. The third-order valence-electron chi connectivity index (χ3n) is 3.30. The summed E-state index contributed by atoms with van der Waals surface area (Å²) in [7, 11) is 1.88. The van der Waals surface area contributed by atoms with Crippen LogP contribution in [0.15, 0.2) is 48.2 Å². The maximum atomic E-state index is 13.5. The van der Waals surface area contributed by atoms with Gasteiger partial charge in [0, 0.05) is 38.2 Å². The summed E-state index contributed by atoms with van der Waals surface area (Å²) in [6.45, 7) is 4.47.